The molecule has 4 rings (SSSR count). The second kappa shape index (κ2) is 7.99. The number of aromatic nitrogens is 2. The fourth-order valence-electron chi connectivity index (χ4n) is 3.91. The maximum absolute atomic E-state index is 13.1. The molecule has 0 aliphatic carbocycles. The Morgan fingerprint density at radius 2 is 2.10 bits per heavy atom. The number of nitrogens with zero attached hydrogens (tertiary/aromatic N) is 3. The Kier molecular flexibility index (Phi) is 5.41. The van der Waals surface area contributed by atoms with Crippen LogP contribution in [0.1, 0.15) is 24.0 Å². The number of hydrogen-bond acceptors (Lipinski definition) is 4. The van der Waals surface area contributed by atoms with Gasteiger partial charge in [0.1, 0.15) is 5.75 Å². The predicted molar refractivity (Wildman–Crippen MR) is 117 cm³/mol. The molecule has 0 saturated heterocycles. The van der Waals surface area contributed by atoms with Crippen LogP contribution in [0, 0.1) is 6.92 Å². The maximum Gasteiger partial charge on any atom is 0.261 e. The summed E-state index contributed by atoms with van der Waals surface area (Å²) in [7, 11) is 1.63. The average Bonchev–Trinajstić information content (AvgIpc) is 2.73. The summed E-state index contributed by atoms with van der Waals surface area (Å²) in [4.78, 5) is 32.0. The number of methoxy groups -OCH3 is 1. The van der Waals surface area contributed by atoms with E-state index in [9.17, 15) is 9.59 Å². The minimum atomic E-state index is -0.142. The monoisotopic (exact) mass is 455 g/mol. The van der Waals surface area contributed by atoms with E-state index >= 15 is 0 Å². The highest BCUT2D eigenvalue weighted by molar-refractivity contribution is 9.10. The molecule has 0 atom stereocenters. The van der Waals surface area contributed by atoms with Crippen LogP contribution >= 0.6 is 15.9 Å². The molecular formula is C22H22BrN3O3. The standard InChI is InChI=1S/C22H22BrN3O3/c1-14-5-8-19(29-2)21-16(14)4-3-10-26(21)20(27)9-11-25-13-24-18-7-6-15(23)12-17(18)22(25)28/h5-8,12-13H,3-4,9-11H2,1-2H3. The molecule has 150 valence electrons. The first-order chi connectivity index (χ1) is 14.0. The summed E-state index contributed by atoms with van der Waals surface area (Å²) < 4.78 is 7.85. The number of ether oxygens (including phenoxy) is 1. The fraction of sp³-hybridized carbons (Fsp3) is 0.318. The third kappa shape index (κ3) is 3.67. The molecule has 0 radical (unpaired) electrons. The van der Waals surface area contributed by atoms with Crippen LogP contribution in [0.4, 0.5) is 5.69 Å². The van der Waals surface area contributed by atoms with Crippen LogP contribution < -0.4 is 15.2 Å². The summed E-state index contributed by atoms with van der Waals surface area (Å²) in [5.74, 6) is 0.698. The van der Waals surface area contributed by atoms with Gasteiger partial charge in [-0.25, -0.2) is 4.98 Å². The normalized spacial score (nSPS) is 13.4. The van der Waals surface area contributed by atoms with Gasteiger partial charge in [-0.2, -0.15) is 0 Å². The third-order valence-corrected chi connectivity index (χ3v) is 5.93. The van der Waals surface area contributed by atoms with Crippen molar-refractivity contribution in [3.63, 3.8) is 0 Å². The molecule has 1 aliphatic heterocycles. The van der Waals surface area contributed by atoms with E-state index in [2.05, 4.69) is 27.8 Å². The van der Waals surface area contributed by atoms with Crippen molar-refractivity contribution in [2.75, 3.05) is 18.6 Å². The number of fused-ring (bicyclic) bond motifs is 2. The first-order valence-corrected chi connectivity index (χ1v) is 10.4. The van der Waals surface area contributed by atoms with E-state index in [0.717, 1.165) is 23.0 Å². The average molecular weight is 456 g/mol. The van der Waals surface area contributed by atoms with Crippen LogP contribution in [0.15, 0.2) is 45.9 Å². The van der Waals surface area contributed by atoms with Crippen LogP contribution in [-0.4, -0.2) is 29.1 Å². The number of hydrogen-bond donors (Lipinski definition) is 0. The topological polar surface area (TPSA) is 64.4 Å². The number of benzene rings is 2. The molecule has 3 aromatic rings. The van der Waals surface area contributed by atoms with E-state index in [1.807, 2.05) is 18.2 Å². The van der Waals surface area contributed by atoms with Crippen LogP contribution in [0.2, 0.25) is 0 Å². The smallest absolute Gasteiger partial charge is 0.261 e. The lowest BCUT2D eigenvalue weighted by molar-refractivity contribution is -0.118. The molecule has 2 heterocycles. The lowest BCUT2D eigenvalue weighted by Gasteiger charge is -2.32. The Bertz CT molecular complexity index is 1160. The first-order valence-electron chi connectivity index (χ1n) is 9.61. The van der Waals surface area contributed by atoms with E-state index in [1.165, 1.54) is 22.0 Å². The van der Waals surface area contributed by atoms with Gasteiger partial charge in [-0.05, 0) is 55.2 Å². The van der Waals surface area contributed by atoms with Crippen LogP contribution in [0.5, 0.6) is 5.75 Å². The molecule has 0 spiro atoms. The molecule has 7 heteroatoms. The van der Waals surface area contributed by atoms with E-state index in [1.54, 1.807) is 24.1 Å². The Hall–Kier alpha value is -2.67. The van der Waals surface area contributed by atoms with Crippen molar-refractivity contribution >= 4 is 38.4 Å². The van der Waals surface area contributed by atoms with Gasteiger partial charge in [-0.1, -0.05) is 22.0 Å². The van der Waals surface area contributed by atoms with Crippen molar-refractivity contribution in [2.24, 2.45) is 0 Å². The molecule has 6 nitrogen and oxygen atoms in total. The summed E-state index contributed by atoms with van der Waals surface area (Å²) in [5.41, 5.74) is 3.70. The van der Waals surface area contributed by atoms with Crippen LogP contribution in [0.25, 0.3) is 10.9 Å². The molecule has 0 fully saturated rings. The molecule has 1 aliphatic rings. The van der Waals surface area contributed by atoms with Gasteiger partial charge in [0.05, 0.1) is 30.0 Å². The number of anilines is 1. The molecule has 0 saturated carbocycles. The zero-order chi connectivity index (χ0) is 20.5. The van der Waals surface area contributed by atoms with Crippen LogP contribution in [-0.2, 0) is 17.8 Å². The SMILES string of the molecule is COc1ccc(C)c2c1N(C(=O)CCn1cnc3ccc(Br)cc3c1=O)CCC2. The van der Waals surface area contributed by atoms with E-state index in [0.29, 0.717) is 23.2 Å². The van der Waals surface area contributed by atoms with E-state index in [-0.39, 0.29) is 24.4 Å². The van der Waals surface area contributed by atoms with Crippen molar-refractivity contribution in [2.45, 2.75) is 32.7 Å². The number of carbonyl (C=O) groups is 1. The molecule has 1 amide bonds. The largest absolute Gasteiger partial charge is 0.495 e. The van der Waals surface area contributed by atoms with Crippen LogP contribution in [0.3, 0.4) is 0 Å². The van der Waals surface area contributed by atoms with Gasteiger partial charge in [-0.15, -0.1) is 0 Å². The molecule has 29 heavy (non-hydrogen) atoms. The Labute approximate surface area is 177 Å². The second-order valence-electron chi connectivity index (χ2n) is 7.22. The van der Waals surface area contributed by atoms with Gasteiger partial charge in [0, 0.05) is 24.0 Å². The molecule has 0 N–H and O–H groups in total. The molecule has 0 bridgehead atoms. The van der Waals surface area contributed by atoms with Crippen molar-refractivity contribution < 1.29 is 9.53 Å². The maximum atomic E-state index is 13.1. The number of carbonyl (C=O) groups excluding carboxylic acids is 1. The van der Waals surface area contributed by atoms with Gasteiger partial charge >= 0.3 is 0 Å². The molecular weight excluding hydrogens is 434 g/mol. The number of aryl methyl sites for hydroxylation is 2. The van der Waals surface area contributed by atoms with Gasteiger partial charge in [0.15, 0.2) is 0 Å². The Morgan fingerprint density at radius 1 is 1.28 bits per heavy atom. The van der Waals surface area contributed by atoms with Crippen molar-refractivity contribution in [3.8, 4) is 5.75 Å². The lowest BCUT2D eigenvalue weighted by atomic mass is 9.96. The summed E-state index contributed by atoms with van der Waals surface area (Å²) in [6.45, 7) is 3.00. The number of halogens is 1. The summed E-state index contributed by atoms with van der Waals surface area (Å²) in [6.07, 6.45) is 3.59. The van der Waals surface area contributed by atoms with Gasteiger partial charge in [0.25, 0.3) is 5.56 Å². The second-order valence-corrected chi connectivity index (χ2v) is 8.13. The minimum absolute atomic E-state index is 0.0175. The molecule has 0 unspecified atom stereocenters. The number of amides is 1. The third-order valence-electron chi connectivity index (χ3n) is 5.43. The zero-order valence-corrected chi connectivity index (χ0v) is 18.0. The molecule has 1 aromatic heterocycles. The van der Waals surface area contributed by atoms with Crippen molar-refractivity contribution in [3.05, 3.63) is 62.6 Å². The Balaban J connectivity index is 1.59. The van der Waals surface area contributed by atoms with E-state index < -0.39 is 0 Å². The molecule has 2 aromatic carbocycles. The van der Waals surface area contributed by atoms with E-state index in [4.69, 9.17) is 4.74 Å². The van der Waals surface area contributed by atoms with Gasteiger partial charge < -0.3 is 9.64 Å². The number of rotatable bonds is 4. The Morgan fingerprint density at radius 3 is 2.90 bits per heavy atom. The summed E-state index contributed by atoms with van der Waals surface area (Å²) >= 11 is 3.39. The van der Waals surface area contributed by atoms with Gasteiger partial charge in [-0.3, -0.25) is 14.2 Å². The first kappa shape index (κ1) is 19.6. The predicted octanol–water partition coefficient (Wildman–Crippen LogP) is 3.85. The van der Waals surface area contributed by atoms with Gasteiger partial charge in [0.2, 0.25) is 5.91 Å². The van der Waals surface area contributed by atoms with Crippen molar-refractivity contribution in [1.82, 2.24) is 9.55 Å². The lowest BCUT2D eigenvalue weighted by Crippen LogP contribution is -2.37. The zero-order valence-electron chi connectivity index (χ0n) is 16.4. The highest BCUT2D eigenvalue weighted by atomic mass is 79.9. The highest BCUT2D eigenvalue weighted by Gasteiger charge is 2.27. The fourth-order valence-corrected chi connectivity index (χ4v) is 4.27. The quantitative estimate of drug-likeness (QED) is 0.599. The summed E-state index contributed by atoms with van der Waals surface area (Å²) in [6, 6.07) is 9.36. The summed E-state index contributed by atoms with van der Waals surface area (Å²) in [5, 5.41) is 0.537. The highest BCUT2D eigenvalue weighted by Crippen LogP contribution is 2.38. The van der Waals surface area contributed by atoms with Crippen molar-refractivity contribution in [1.29, 1.82) is 0 Å². The minimum Gasteiger partial charge on any atom is -0.495 e.